The van der Waals surface area contributed by atoms with Gasteiger partial charge in [-0.2, -0.15) is 0 Å². The molecule has 0 fully saturated rings. The zero-order valence-corrected chi connectivity index (χ0v) is 13.6. The molecular formula is C18H21NO4. The van der Waals surface area contributed by atoms with E-state index in [-0.39, 0.29) is 0 Å². The molecular weight excluding hydrogens is 294 g/mol. The Kier molecular flexibility index (Phi) is 5.86. The molecule has 122 valence electrons. The van der Waals surface area contributed by atoms with Crippen molar-refractivity contribution in [1.82, 2.24) is 0 Å². The van der Waals surface area contributed by atoms with Gasteiger partial charge in [-0.25, -0.2) is 4.79 Å². The van der Waals surface area contributed by atoms with Crippen LogP contribution in [0.1, 0.15) is 22.8 Å². The van der Waals surface area contributed by atoms with E-state index < -0.39 is 5.97 Å². The first-order valence-electron chi connectivity index (χ1n) is 7.40. The van der Waals surface area contributed by atoms with Crippen LogP contribution in [0.2, 0.25) is 0 Å². The van der Waals surface area contributed by atoms with Crippen molar-refractivity contribution in [3.8, 4) is 11.5 Å². The molecule has 0 saturated heterocycles. The molecule has 0 bridgehead atoms. The normalized spacial score (nSPS) is 10.0. The van der Waals surface area contributed by atoms with E-state index in [9.17, 15) is 4.79 Å². The van der Waals surface area contributed by atoms with Gasteiger partial charge in [-0.05, 0) is 12.5 Å². The number of hydrogen-bond acceptors (Lipinski definition) is 5. The summed E-state index contributed by atoms with van der Waals surface area (Å²) in [5, 5.41) is 3.14. The van der Waals surface area contributed by atoms with Gasteiger partial charge in [-0.1, -0.05) is 30.3 Å². The van der Waals surface area contributed by atoms with Gasteiger partial charge < -0.3 is 19.5 Å². The first-order valence-corrected chi connectivity index (χ1v) is 7.40. The summed E-state index contributed by atoms with van der Waals surface area (Å²) in [5.74, 6) is 0.636. The van der Waals surface area contributed by atoms with Crippen LogP contribution in [0.5, 0.6) is 11.5 Å². The van der Waals surface area contributed by atoms with Gasteiger partial charge in [0, 0.05) is 18.7 Å². The summed E-state index contributed by atoms with van der Waals surface area (Å²) in [5.41, 5.74) is 2.12. The molecule has 2 aromatic rings. The standard InChI is InChI=1S/C18H21NO4/c1-4-19-15-11-17(23-12-13-8-6-5-7-9-13)16(21-2)10-14(15)18(20)22-3/h5-11,19H,4,12H2,1-3H3. The van der Waals surface area contributed by atoms with Gasteiger partial charge in [0.2, 0.25) is 0 Å². The number of nitrogens with one attached hydrogen (secondary N) is 1. The second kappa shape index (κ2) is 8.08. The molecule has 1 N–H and O–H groups in total. The zero-order chi connectivity index (χ0) is 16.7. The maximum Gasteiger partial charge on any atom is 0.340 e. The molecule has 5 heteroatoms. The van der Waals surface area contributed by atoms with Crippen molar-refractivity contribution in [2.75, 3.05) is 26.1 Å². The highest BCUT2D eigenvalue weighted by Crippen LogP contribution is 2.34. The van der Waals surface area contributed by atoms with Gasteiger partial charge in [-0.15, -0.1) is 0 Å². The molecule has 0 amide bonds. The monoisotopic (exact) mass is 315 g/mol. The van der Waals surface area contributed by atoms with E-state index in [2.05, 4.69) is 5.32 Å². The van der Waals surface area contributed by atoms with Crippen molar-refractivity contribution in [1.29, 1.82) is 0 Å². The van der Waals surface area contributed by atoms with Crippen molar-refractivity contribution >= 4 is 11.7 Å². The molecule has 23 heavy (non-hydrogen) atoms. The second-order valence-electron chi connectivity index (χ2n) is 4.84. The van der Waals surface area contributed by atoms with Crippen LogP contribution in [0, 0.1) is 0 Å². The molecule has 2 aromatic carbocycles. The first kappa shape index (κ1) is 16.7. The summed E-state index contributed by atoms with van der Waals surface area (Å²) in [7, 11) is 2.89. The van der Waals surface area contributed by atoms with Crippen LogP contribution in [-0.4, -0.2) is 26.7 Å². The van der Waals surface area contributed by atoms with E-state index in [0.717, 1.165) is 5.56 Å². The summed E-state index contributed by atoms with van der Waals surface area (Å²) in [4.78, 5) is 11.9. The van der Waals surface area contributed by atoms with E-state index in [1.165, 1.54) is 7.11 Å². The first-order chi connectivity index (χ1) is 11.2. The van der Waals surface area contributed by atoms with Crippen LogP contribution in [0.3, 0.4) is 0 Å². The highest BCUT2D eigenvalue weighted by Gasteiger charge is 2.17. The summed E-state index contributed by atoms with van der Waals surface area (Å²) in [6.07, 6.45) is 0. The topological polar surface area (TPSA) is 56.8 Å². The molecule has 0 aliphatic rings. The number of carbonyl (C=O) groups excluding carboxylic acids is 1. The number of methoxy groups -OCH3 is 2. The molecule has 0 aliphatic heterocycles. The van der Waals surface area contributed by atoms with E-state index in [1.54, 1.807) is 19.2 Å². The fourth-order valence-corrected chi connectivity index (χ4v) is 2.18. The Hall–Kier alpha value is -2.69. The Morgan fingerprint density at radius 2 is 1.83 bits per heavy atom. The van der Waals surface area contributed by atoms with E-state index in [4.69, 9.17) is 14.2 Å². The summed E-state index contributed by atoms with van der Waals surface area (Å²) in [6.45, 7) is 3.05. The van der Waals surface area contributed by atoms with Crippen molar-refractivity contribution < 1.29 is 19.0 Å². The number of ether oxygens (including phenoxy) is 3. The largest absolute Gasteiger partial charge is 0.493 e. The molecule has 5 nitrogen and oxygen atoms in total. The van der Waals surface area contributed by atoms with E-state index >= 15 is 0 Å². The van der Waals surface area contributed by atoms with Gasteiger partial charge in [-0.3, -0.25) is 0 Å². The van der Waals surface area contributed by atoms with Crippen LogP contribution < -0.4 is 14.8 Å². The third kappa shape index (κ3) is 4.16. The number of benzene rings is 2. The highest BCUT2D eigenvalue weighted by molar-refractivity contribution is 5.96. The average molecular weight is 315 g/mol. The quantitative estimate of drug-likeness (QED) is 0.793. The number of anilines is 1. The van der Waals surface area contributed by atoms with Gasteiger partial charge in [0.05, 0.1) is 25.5 Å². The summed E-state index contributed by atoms with van der Waals surface area (Å²) in [6, 6.07) is 13.2. The molecule has 0 aromatic heterocycles. The van der Waals surface area contributed by atoms with E-state index in [0.29, 0.717) is 35.9 Å². The Morgan fingerprint density at radius 1 is 1.09 bits per heavy atom. The molecule has 0 heterocycles. The maximum absolute atomic E-state index is 11.9. The lowest BCUT2D eigenvalue weighted by Gasteiger charge is -2.16. The SMILES string of the molecule is CCNc1cc(OCc2ccccc2)c(OC)cc1C(=O)OC. The zero-order valence-electron chi connectivity index (χ0n) is 13.6. The van der Waals surface area contributed by atoms with Gasteiger partial charge in [0.25, 0.3) is 0 Å². The van der Waals surface area contributed by atoms with Crippen molar-refractivity contribution in [3.63, 3.8) is 0 Å². The van der Waals surface area contributed by atoms with Gasteiger partial charge in [0.1, 0.15) is 6.61 Å². The second-order valence-corrected chi connectivity index (χ2v) is 4.84. The number of hydrogen-bond donors (Lipinski definition) is 1. The summed E-state index contributed by atoms with van der Waals surface area (Å²) < 4.78 is 16.0. The lowest BCUT2D eigenvalue weighted by molar-refractivity contribution is 0.0601. The van der Waals surface area contributed by atoms with Crippen LogP contribution >= 0.6 is 0 Å². The molecule has 0 spiro atoms. The van der Waals surface area contributed by atoms with Crippen LogP contribution in [0.15, 0.2) is 42.5 Å². The van der Waals surface area contributed by atoms with Crippen LogP contribution in [0.4, 0.5) is 5.69 Å². The Bertz CT molecular complexity index is 656. The van der Waals surface area contributed by atoms with E-state index in [1.807, 2.05) is 37.3 Å². The predicted octanol–water partition coefficient (Wildman–Crippen LogP) is 3.49. The minimum atomic E-state index is -0.422. The van der Waals surface area contributed by atoms with Gasteiger partial charge in [0.15, 0.2) is 11.5 Å². The molecule has 0 unspecified atom stereocenters. The van der Waals surface area contributed by atoms with Crippen LogP contribution in [-0.2, 0) is 11.3 Å². The minimum Gasteiger partial charge on any atom is -0.493 e. The number of carbonyl (C=O) groups is 1. The van der Waals surface area contributed by atoms with Crippen molar-refractivity contribution in [2.24, 2.45) is 0 Å². The number of esters is 1. The molecule has 0 saturated carbocycles. The molecule has 0 radical (unpaired) electrons. The Balaban J connectivity index is 2.30. The average Bonchev–Trinajstić information content (AvgIpc) is 2.60. The van der Waals surface area contributed by atoms with Gasteiger partial charge >= 0.3 is 5.97 Å². The maximum atomic E-state index is 11.9. The smallest absolute Gasteiger partial charge is 0.340 e. The number of rotatable bonds is 7. The fraction of sp³-hybridized carbons (Fsp3) is 0.278. The third-order valence-electron chi connectivity index (χ3n) is 3.31. The summed E-state index contributed by atoms with van der Waals surface area (Å²) >= 11 is 0. The lowest BCUT2D eigenvalue weighted by Crippen LogP contribution is -2.09. The van der Waals surface area contributed by atoms with Crippen molar-refractivity contribution in [3.05, 3.63) is 53.6 Å². The fourth-order valence-electron chi connectivity index (χ4n) is 2.18. The molecule has 0 aliphatic carbocycles. The third-order valence-corrected chi connectivity index (χ3v) is 3.31. The van der Waals surface area contributed by atoms with Crippen LogP contribution in [0.25, 0.3) is 0 Å². The molecule has 2 rings (SSSR count). The highest BCUT2D eigenvalue weighted by atomic mass is 16.5. The van der Waals surface area contributed by atoms with Crippen molar-refractivity contribution in [2.45, 2.75) is 13.5 Å². The molecule has 0 atom stereocenters. The lowest BCUT2D eigenvalue weighted by atomic mass is 10.1. The minimum absolute atomic E-state index is 0.415. The Labute approximate surface area is 136 Å². The predicted molar refractivity (Wildman–Crippen MR) is 89.3 cm³/mol. The Morgan fingerprint density at radius 3 is 2.43 bits per heavy atom.